The fraction of sp³-hybridized carbons (Fsp3) is 0.765. The van der Waals surface area contributed by atoms with Crippen molar-refractivity contribution in [3.63, 3.8) is 0 Å². The van der Waals surface area contributed by atoms with Crippen LogP contribution in [0.15, 0.2) is 6.33 Å². The van der Waals surface area contributed by atoms with Gasteiger partial charge in [0.25, 0.3) is 0 Å². The molecule has 0 radical (unpaired) electrons. The van der Waals surface area contributed by atoms with Crippen LogP contribution in [0.5, 0.6) is 11.8 Å². The maximum Gasteiger partial charge on any atom is 0.223 e. The Kier molecular flexibility index (Phi) is 4.35. The number of ether oxygens (including phenoxy) is 2. The lowest BCUT2D eigenvalue weighted by molar-refractivity contribution is 0.126. The predicted octanol–water partition coefficient (Wildman–Crippen LogP) is 1.58. The van der Waals surface area contributed by atoms with E-state index in [9.17, 15) is 0 Å². The van der Waals surface area contributed by atoms with E-state index in [1.807, 2.05) is 6.92 Å². The minimum Gasteiger partial charge on any atom is -0.474 e. The molecule has 0 aromatic carbocycles. The van der Waals surface area contributed by atoms with Gasteiger partial charge in [-0.2, -0.15) is 0 Å². The first kappa shape index (κ1) is 15.1. The molecular formula is C17H26N4O2. The second-order valence-corrected chi connectivity index (χ2v) is 7.03. The van der Waals surface area contributed by atoms with Gasteiger partial charge in [0.1, 0.15) is 18.5 Å². The fourth-order valence-electron chi connectivity index (χ4n) is 3.99. The van der Waals surface area contributed by atoms with E-state index in [0.29, 0.717) is 23.8 Å². The zero-order chi connectivity index (χ0) is 15.6. The molecule has 0 spiro atoms. The van der Waals surface area contributed by atoms with Crippen LogP contribution in [0.3, 0.4) is 0 Å². The van der Waals surface area contributed by atoms with Crippen LogP contribution in [0.4, 0.5) is 0 Å². The number of aromatic nitrogens is 2. The number of hydrogen-bond donors (Lipinski definition) is 2. The molecule has 3 atom stereocenters. The van der Waals surface area contributed by atoms with Gasteiger partial charge in [-0.25, -0.2) is 9.97 Å². The molecule has 3 fully saturated rings. The molecule has 0 amide bonds. The van der Waals surface area contributed by atoms with Crippen molar-refractivity contribution in [2.24, 2.45) is 0 Å². The molecule has 23 heavy (non-hydrogen) atoms. The SMILES string of the molecule is Cc1c(OC2CCNCC2)ncnc1OC1C[C@H]2CC[C@@H](C1)N2. The smallest absolute Gasteiger partial charge is 0.223 e. The molecule has 6 nitrogen and oxygen atoms in total. The third kappa shape index (κ3) is 3.43. The van der Waals surface area contributed by atoms with E-state index >= 15 is 0 Å². The van der Waals surface area contributed by atoms with Crippen LogP contribution in [0.2, 0.25) is 0 Å². The standard InChI is InChI=1S/C17H26N4O2/c1-11-16(22-14-4-6-18-7-5-14)19-10-20-17(11)23-15-8-12-2-3-13(9-15)21-12/h10,12-15,18,21H,2-9H2,1H3/t12-,13+,15?. The highest BCUT2D eigenvalue weighted by molar-refractivity contribution is 5.33. The summed E-state index contributed by atoms with van der Waals surface area (Å²) in [7, 11) is 0. The van der Waals surface area contributed by atoms with E-state index in [0.717, 1.165) is 44.3 Å². The Balaban J connectivity index is 1.43. The van der Waals surface area contributed by atoms with E-state index in [4.69, 9.17) is 9.47 Å². The van der Waals surface area contributed by atoms with Crippen molar-refractivity contribution in [2.45, 2.75) is 69.7 Å². The van der Waals surface area contributed by atoms with E-state index < -0.39 is 0 Å². The topological polar surface area (TPSA) is 68.3 Å². The van der Waals surface area contributed by atoms with E-state index in [1.165, 1.54) is 12.8 Å². The van der Waals surface area contributed by atoms with Gasteiger partial charge in [0.2, 0.25) is 11.8 Å². The van der Waals surface area contributed by atoms with Crippen LogP contribution in [0, 0.1) is 6.92 Å². The monoisotopic (exact) mass is 318 g/mol. The van der Waals surface area contributed by atoms with Crippen molar-refractivity contribution in [3.05, 3.63) is 11.9 Å². The maximum atomic E-state index is 6.21. The Hall–Kier alpha value is -1.40. The summed E-state index contributed by atoms with van der Waals surface area (Å²) in [5, 5.41) is 6.99. The normalized spacial score (nSPS) is 31.1. The average Bonchev–Trinajstić information content (AvgIpc) is 2.91. The molecule has 1 aromatic rings. The van der Waals surface area contributed by atoms with Crippen molar-refractivity contribution >= 4 is 0 Å². The molecule has 3 aliphatic heterocycles. The largest absolute Gasteiger partial charge is 0.474 e. The Morgan fingerprint density at radius 1 is 0.913 bits per heavy atom. The summed E-state index contributed by atoms with van der Waals surface area (Å²) >= 11 is 0. The summed E-state index contributed by atoms with van der Waals surface area (Å²) in [6.07, 6.45) is 8.81. The first-order valence-electron chi connectivity index (χ1n) is 8.89. The molecule has 126 valence electrons. The molecule has 1 unspecified atom stereocenters. The van der Waals surface area contributed by atoms with E-state index in [2.05, 4.69) is 20.6 Å². The summed E-state index contributed by atoms with van der Waals surface area (Å²) < 4.78 is 12.3. The number of fused-ring (bicyclic) bond motifs is 2. The van der Waals surface area contributed by atoms with Gasteiger partial charge in [0.05, 0.1) is 5.56 Å². The van der Waals surface area contributed by atoms with Crippen molar-refractivity contribution in [1.82, 2.24) is 20.6 Å². The van der Waals surface area contributed by atoms with Crippen molar-refractivity contribution in [1.29, 1.82) is 0 Å². The van der Waals surface area contributed by atoms with Crippen LogP contribution in [-0.2, 0) is 0 Å². The van der Waals surface area contributed by atoms with E-state index in [1.54, 1.807) is 6.33 Å². The number of hydrogen-bond acceptors (Lipinski definition) is 6. The quantitative estimate of drug-likeness (QED) is 0.878. The third-order valence-electron chi connectivity index (χ3n) is 5.26. The highest BCUT2D eigenvalue weighted by Gasteiger charge is 2.35. The van der Waals surface area contributed by atoms with Crippen LogP contribution in [0.25, 0.3) is 0 Å². The molecule has 2 bridgehead atoms. The van der Waals surface area contributed by atoms with Gasteiger partial charge in [0.15, 0.2) is 0 Å². The minimum atomic E-state index is 0.243. The van der Waals surface area contributed by atoms with Gasteiger partial charge in [-0.3, -0.25) is 0 Å². The molecule has 0 aliphatic carbocycles. The summed E-state index contributed by atoms with van der Waals surface area (Å²) in [5.74, 6) is 1.37. The summed E-state index contributed by atoms with van der Waals surface area (Å²) in [4.78, 5) is 8.67. The van der Waals surface area contributed by atoms with Crippen molar-refractivity contribution in [3.8, 4) is 11.8 Å². The zero-order valence-corrected chi connectivity index (χ0v) is 13.8. The lowest BCUT2D eigenvalue weighted by Gasteiger charge is -2.29. The molecule has 0 saturated carbocycles. The van der Waals surface area contributed by atoms with Crippen molar-refractivity contribution < 1.29 is 9.47 Å². The number of piperidine rings is 2. The Morgan fingerprint density at radius 2 is 1.52 bits per heavy atom. The first-order valence-corrected chi connectivity index (χ1v) is 8.89. The summed E-state index contributed by atoms with van der Waals surface area (Å²) in [6, 6.07) is 1.23. The second-order valence-electron chi connectivity index (χ2n) is 7.03. The molecule has 3 saturated heterocycles. The van der Waals surface area contributed by atoms with Crippen molar-refractivity contribution in [2.75, 3.05) is 13.1 Å². The Labute approximate surface area is 137 Å². The third-order valence-corrected chi connectivity index (χ3v) is 5.26. The lowest BCUT2D eigenvalue weighted by atomic mass is 10.0. The summed E-state index contributed by atoms with van der Waals surface area (Å²) in [5.41, 5.74) is 0.928. The number of nitrogens with zero attached hydrogens (tertiary/aromatic N) is 2. The van der Waals surface area contributed by atoms with Crippen LogP contribution in [-0.4, -0.2) is 47.3 Å². The van der Waals surface area contributed by atoms with E-state index in [-0.39, 0.29) is 12.2 Å². The van der Waals surface area contributed by atoms with Gasteiger partial charge in [-0.1, -0.05) is 0 Å². The number of rotatable bonds is 4. The molecule has 4 heterocycles. The molecular weight excluding hydrogens is 292 g/mol. The maximum absolute atomic E-state index is 6.21. The highest BCUT2D eigenvalue weighted by Crippen LogP contribution is 2.31. The van der Waals surface area contributed by atoms with Gasteiger partial charge >= 0.3 is 0 Å². The van der Waals surface area contributed by atoms with Gasteiger partial charge < -0.3 is 20.1 Å². The fourth-order valence-corrected chi connectivity index (χ4v) is 3.99. The molecule has 1 aromatic heterocycles. The van der Waals surface area contributed by atoms with Gasteiger partial charge in [-0.05, 0) is 58.5 Å². The average molecular weight is 318 g/mol. The molecule has 3 aliphatic rings. The molecule has 4 rings (SSSR count). The summed E-state index contributed by atoms with van der Waals surface area (Å²) in [6.45, 7) is 4.02. The first-order chi connectivity index (χ1) is 11.3. The highest BCUT2D eigenvalue weighted by atomic mass is 16.5. The lowest BCUT2D eigenvalue weighted by Crippen LogP contribution is -2.42. The zero-order valence-electron chi connectivity index (χ0n) is 13.8. The van der Waals surface area contributed by atoms with Crippen LogP contribution >= 0.6 is 0 Å². The van der Waals surface area contributed by atoms with Gasteiger partial charge in [0, 0.05) is 12.1 Å². The second kappa shape index (κ2) is 6.61. The van der Waals surface area contributed by atoms with Crippen LogP contribution in [0.1, 0.15) is 44.1 Å². The molecule has 2 N–H and O–H groups in total. The number of nitrogens with one attached hydrogen (secondary N) is 2. The molecule has 6 heteroatoms. The Morgan fingerprint density at radius 3 is 2.17 bits per heavy atom. The van der Waals surface area contributed by atoms with Gasteiger partial charge in [-0.15, -0.1) is 0 Å². The van der Waals surface area contributed by atoms with Crippen LogP contribution < -0.4 is 20.1 Å². The Bertz CT molecular complexity index is 535. The minimum absolute atomic E-state index is 0.243. The predicted molar refractivity (Wildman–Crippen MR) is 86.9 cm³/mol.